The van der Waals surface area contributed by atoms with Crippen molar-refractivity contribution in [1.82, 2.24) is 0 Å². The lowest BCUT2D eigenvalue weighted by molar-refractivity contribution is 0.488. The molecule has 0 amide bonds. The molecule has 1 atom stereocenters. The molecule has 330 valence electrons. The first kappa shape index (κ1) is 39.7. The van der Waals surface area contributed by atoms with Crippen LogP contribution in [-0.4, -0.2) is 0 Å². The zero-order valence-corrected chi connectivity index (χ0v) is 38.7. The summed E-state index contributed by atoms with van der Waals surface area (Å²) in [6.45, 7) is 0. The summed E-state index contributed by atoms with van der Waals surface area (Å²) in [6, 6.07) is 96.5. The summed E-state index contributed by atoms with van der Waals surface area (Å²) in [5, 5.41) is 5.09. The molecule has 12 aromatic rings. The van der Waals surface area contributed by atoms with E-state index in [0.29, 0.717) is 0 Å². The van der Waals surface area contributed by atoms with Gasteiger partial charge in [-0.25, -0.2) is 0 Å². The van der Waals surface area contributed by atoms with E-state index in [9.17, 15) is 0 Å². The van der Waals surface area contributed by atoms with Crippen LogP contribution in [0.5, 0.6) is 11.5 Å². The Kier molecular flexibility index (Phi) is 8.61. The van der Waals surface area contributed by atoms with Crippen LogP contribution >= 0.6 is 0 Å². The summed E-state index contributed by atoms with van der Waals surface area (Å²) in [6.07, 6.45) is 0. The minimum absolute atomic E-state index is 0.715. The summed E-state index contributed by atoms with van der Waals surface area (Å²) < 4.78 is 6.70. The molecule has 0 aromatic heterocycles. The van der Waals surface area contributed by atoms with Gasteiger partial charge in [0.15, 0.2) is 0 Å². The van der Waals surface area contributed by atoms with Crippen molar-refractivity contribution in [2.75, 3.05) is 4.90 Å². The van der Waals surface area contributed by atoms with Gasteiger partial charge in [-0.3, -0.25) is 0 Å². The van der Waals surface area contributed by atoms with Gasteiger partial charge >= 0.3 is 0 Å². The van der Waals surface area contributed by atoms with E-state index >= 15 is 0 Å². The van der Waals surface area contributed by atoms with E-state index in [0.717, 1.165) is 50.8 Å². The van der Waals surface area contributed by atoms with Crippen LogP contribution in [0.15, 0.2) is 261 Å². The fourth-order valence-corrected chi connectivity index (χ4v) is 12.6. The average Bonchev–Trinajstić information content (AvgIpc) is 3.62. The van der Waals surface area contributed by atoms with Gasteiger partial charge in [-0.2, -0.15) is 0 Å². The lowest BCUT2D eigenvalue weighted by atomic mass is 9.64. The number of anilines is 3. The first-order valence-corrected chi connectivity index (χ1v) is 24.6. The molecule has 3 aliphatic rings. The van der Waals surface area contributed by atoms with E-state index in [1.54, 1.807) is 0 Å². The molecule has 2 aliphatic carbocycles. The second-order valence-corrected chi connectivity index (χ2v) is 19.0. The van der Waals surface area contributed by atoms with Crippen molar-refractivity contribution in [2.24, 2.45) is 0 Å². The van der Waals surface area contributed by atoms with Gasteiger partial charge in [0.05, 0.1) is 5.41 Å². The second-order valence-electron chi connectivity index (χ2n) is 19.0. The Bertz CT molecular complexity index is 4150. The Hall–Kier alpha value is -9.24. The Morgan fingerprint density at radius 3 is 1.39 bits per heavy atom. The predicted molar refractivity (Wildman–Crippen MR) is 294 cm³/mol. The van der Waals surface area contributed by atoms with Crippen molar-refractivity contribution in [1.29, 1.82) is 0 Å². The highest BCUT2D eigenvalue weighted by Crippen LogP contribution is 2.65. The minimum atomic E-state index is -0.715. The molecule has 2 nitrogen and oxygen atoms in total. The molecular formula is C69H43NO. The van der Waals surface area contributed by atoms with Crippen molar-refractivity contribution in [2.45, 2.75) is 5.41 Å². The maximum absolute atomic E-state index is 6.70. The molecular weight excluding hydrogens is 859 g/mol. The van der Waals surface area contributed by atoms with Crippen LogP contribution in [0.4, 0.5) is 17.1 Å². The highest BCUT2D eigenvalue weighted by Gasteiger charge is 2.51. The largest absolute Gasteiger partial charge is 0.456 e. The van der Waals surface area contributed by atoms with Gasteiger partial charge in [0.1, 0.15) is 11.5 Å². The van der Waals surface area contributed by atoms with Crippen molar-refractivity contribution in [3.8, 4) is 78.3 Å². The van der Waals surface area contributed by atoms with Gasteiger partial charge < -0.3 is 9.64 Å². The molecule has 12 aromatic carbocycles. The zero-order chi connectivity index (χ0) is 46.6. The van der Waals surface area contributed by atoms with E-state index in [4.69, 9.17) is 4.74 Å². The fourth-order valence-electron chi connectivity index (χ4n) is 12.6. The summed E-state index contributed by atoms with van der Waals surface area (Å²) in [5.41, 5.74) is 22.0. The van der Waals surface area contributed by atoms with Gasteiger partial charge in [-0.1, -0.05) is 212 Å². The first-order chi connectivity index (χ1) is 35.2. The molecule has 2 heteroatoms. The number of benzene rings is 12. The number of ether oxygens (including phenoxy) is 1. The molecule has 0 saturated heterocycles. The molecule has 0 N–H and O–H groups in total. The predicted octanol–water partition coefficient (Wildman–Crippen LogP) is 18.6. The van der Waals surface area contributed by atoms with E-state index in [-0.39, 0.29) is 0 Å². The Morgan fingerprint density at radius 1 is 0.268 bits per heavy atom. The highest BCUT2D eigenvalue weighted by atomic mass is 16.5. The molecule has 1 aliphatic heterocycles. The molecule has 1 spiro atoms. The summed E-state index contributed by atoms with van der Waals surface area (Å²) >= 11 is 0. The molecule has 0 radical (unpaired) electrons. The van der Waals surface area contributed by atoms with Crippen LogP contribution in [0.25, 0.3) is 88.3 Å². The lowest BCUT2D eigenvalue weighted by Crippen LogP contribution is -2.30. The summed E-state index contributed by atoms with van der Waals surface area (Å²) in [5.74, 6) is 1.70. The Morgan fingerprint density at radius 2 is 0.704 bits per heavy atom. The normalized spacial score (nSPS) is 14.4. The van der Waals surface area contributed by atoms with Crippen LogP contribution < -0.4 is 9.64 Å². The van der Waals surface area contributed by atoms with Gasteiger partial charge in [0.25, 0.3) is 0 Å². The third-order valence-corrected chi connectivity index (χ3v) is 15.5. The molecule has 0 saturated carbocycles. The van der Waals surface area contributed by atoms with Crippen LogP contribution in [0.3, 0.4) is 0 Å². The van der Waals surface area contributed by atoms with Crippen molar-refractivity contribution < 1.29 is 4.74 Å². The average molecular weight is 902 g/mol. The first-order valence-electron chi connectivity index (χ1n) is 24.6. The molecule has 71 heavy (non-hydrogen) atoms. The number of para-hydroxylation sites is 2. The van der Waals surface area contributed by atoms with Gasteiger partial charge in [-0.05, 0) is 148 Å². The van der Waals surface area contributed by atoms with Gasteiger partial charge in [-0.15, -0.1) is 0 Å². The van der Waals surface area contributed by atoms with Crippen LogP contribution in [-0.2, 0) is 5.41 Å². The Labute approximate surface area is 413 Å². The van der Waals surface area contributed by atoms with Crippen LogP contribution in [0, 0.1) is 0 Å². The van der Waals surface area contributed by atoms with Crippen molar-refractivity contribution >= 4 is 38.6 Å². The Balaban J connectivity index is 1.06. The van der Waals surface area contributed by atoms with Crippen LogP contribution in [0.1, 0.15) is 22.3 Å². The van der Waals surface area contributed by atoms with Gasteiger partial charge in [0.2, 0.25) is 0 Å². The van der Waals surface area contributed by atoms with E-state index in [1.807, 2.05) is 0 Å². The highest BCUT2D eigenvalue weighted by molar-refractivity contribution is 6.20. The third-order valence-electron chi connectivity index (χ3n) is 15.5. The third kappa shape index (κ3) is 5.71. The topological polar surface area (TPSA) is 12.5 Å². The van der Waals surface area contributed by atoms with E-state index in [1.165, 1.54) is 88.3 Å². The zero-order valence-electron chi connectivity index (χ0n) is 38.7. The smallest absolute Gasteiger partial charge is 0.135 e. The van der Waals surface area contributed by atoms with E-state index in [2.05, 4.69) is 266 Å². The number of hydrogen-bond acceptors (Lipinski definition) is 2. The molecule has 1 unspecified atom stereocenters. The minimum Gasteiger partial charge on any atom is -0.456 e. The van der Waals surface area contributed by atoms with Crippen molar-refractivity contribution in [3.63, 3.8) is 0 Å². The molecule has 15 rings (SSSR count). The molecule has 0 fully saturated rings. The van der Waals surface area contributed by atoms with Gasteiger partial charge in [0, 0.05) is 28.2 Å². The maximum atomic E-state index is 6.70. The lowest BCUT2D eigenvalue weighted by Gasteiger charge is -2.37. The second kappa shape index (κ2) is 15.4. The SMILES string of the molecule is c1ccc(-c2ccc(N(c3ccc4c(c3)-c3ccccc3Oc3ccccc3-4)c3ccc4c(c3)C3(c5ccccc5-c5ccccc5-4)c4ccccc4-c4c3c3ccccc3c3ccccc43)cc2)cc1. The molecule has 1 heterocycles. The standard InChI is InChI=1S/C69H43NO/c1-2-18-44(19-3-1)45-34-36-46(37-35-45)70(47-38-40-53-56-25-12-16-32-65(56)71-66-33-17-13-26-57(66)61(53)42-47)48-39-41-55-50-21-5-4-20-49(50)54-24-10-14-30-62(54)69(64(55)43-48)63-31-15-11-29-60(63)67-58-27-8-6-22-51(58)52-23-7-9-28-59(52)68(67)69/h1-43H. The van der Waals surface area contributed by atoms with Crippen LogP contribution in [0.2, 0.25) is 0 Å². The monoisotopic (exact) mass is 901 g/mol. The summed E-state index contributed by atoms with van der Waals surface area (Å²) in [4.78, 5) is 2.46. The number of hydrogen-bond donors (Lipinski definition) is 0. The number of rotatable bonds is 4. The van der Waals surface area contributed by atoms with E-state index < -0.39 is 5.41 Å². The quantitative estimate of drug-likeness (QED) is 0.163. The van der Waals surface area contributed by atoms with Crippen molar-refractivity contribution in [3.05, 3.63) is 283 Å². The maximum Gasteiger partial charge on any atom is 0.135 e. The number of fused-ring (bicyclic) bond motifs is 22. The molecule has 0 bridgehead atoms. The number of nitrogens with zero attached hydrogens (tertiary/aromatic N) is 1. The summed E-state index contributed by atoms with van der Waals surface area (Å²) in [7, 11) is 0. The fraction of sp³-hybridized carbons (Fsp3) is 0.0145.